The number of thiazole rings is 1. The maximum absolute atomic E-state index is 12.6. The van der Waals surface area contributed by atoms with Crippen molar-refractivity contribution in [3.05, 3.63) is 51.3 Å². The molecule has 0 saturated carbocycles. The first kappa shape index (κ1) is 17.5. The molecule has 0 saturated heterocycles. The largest absolute Gasteiger partial charge is 0.497 e. The number of carbonyl (C=O) groups excluding carboxylic acids is 1. The van der Waals surface area contributed by atoms with Gasteiger partial charge in [0.2, 0.25) is 0 Å². The molecule has 5 nitrogen and oxygen atoms in total. The maximum Gasteiger partial charge on any atom is 0.279 e. The molecule has 3 rings (SSSR count). The van der Waals surface area contributed by atoms with E-state index in [9.17, 15) is 4.79 Å². The molecule has 7 heteroatoms. The Kier molecular flexibility index (Phi) is 4.83. The summed E-state index contributed by atoms with van der Waals surface area (Å²) in [6, 6.07) is 8.77. The Bertz CT molecular complexity index is 1010. The maximum atomic E-state index is 12.6. The van der Waals surface area contributed by atoms with Crippen LogP contribution in [0.4, 0.5) is 0 Å². The van der Waals surface area contributed by atoms with E-state index < -0.39 is 0 Å². The fourth-order valence-electron chi connectivity index (χ4n) is 2.66. The van der Waals surface area contributed by atoms with E-state index >= 15 is 0 Å². The number of aryl methyl sites for hydroxylation is 2. The highest BCUT2D eigenvalue weighted by Crippen LogP contribution is 2.26. The van der Waals surface area contributed by atoms with Crippen LogP contribution in [0, 0.1) is 6.92 Å². The van der Waals surface area contributed by atoms with Crippen molar-refractivity contribution in [3.8, 4) is 11.5 Å². The summed E-state index contributed by atoms with van der Waals surface area (Å²) in [6.45, 7) is 1.99. The van der Waals surface area contributed by atoms with Crippen molar-refractivity contribution in [1.82, 2.24) is 4.57 Å². The Hall–Kier alpha value is -2.31. The Morgan fingerprint density at radius 3 is 2.36 bits per heavy atom. The van der Waals surface area contributed by atoms with Gasteiger partial charge >= 0.3 is 0 Å². The second kappa shape index (κ2) is 6.90. The molecule has 0 N–H and O–H groups in total. The van der Waals surface area contributed by atoms with Crippen LogP contribution in [-0.2, 0) is 7.05 Å². The zero-order valence-corrected chi connectivity index (χ0v) is 15.9. The number of fused-ring (bicyclic) bond motifs is 1. The second-order valence-corrected chi connectivity index (χ2v) is 6.98. The number of benzene rings is 2. The molecular weight excluding hydrogens is 360 g/mol. The molecule has 130 valence electrons. The average molecular weight is 377 g/mol. The summed E-state index contributed by atoms with van der Waals surface area (Å²) < 4.78 is 13.3. The quantitative estimate of drug-likeness (QED) is 0.695. The fraction of sp³-hybridized carbons (Fsp3) is 0.222. The molecule has 0 radical (unpaired) electrons. The number of hydrogen-bond donors (Lipinski definition) is 0. The molecule has 0 spiro atoms. The van der Waals surface area contributed by atoms with Gasteiger partial charge in [0.15, 0.2) is 4.80 Å². The number of methoxy groups -OCH3 is 2. The molecule has 2 aromatic carbocycles. The molecule has 25 heavy (non-hydrogen) atoms. The Labute approximate surface area is 154 Å². The Balaban J connectivity index is 2.12. The number of carbonyl (C=O) groups is 1. The number of aromatic nitrogens is 1. The Morgan fingerprint density at radius 1 is 1.12 bits per heavy atom. The van der Waals surface area contributed by atoms with Crippen molar-refractivity contribution in [1.29, 1.82) is 0 Å². The van der Waals surface area contributed by atoms with Crippen molar-refractivity contribution < 1.29 is 14.3 Å². The van der Waals surface area contributed by atoms with Crippen molar-refractivity contribution in [3.63, 3.8) is 0 Å². The highest BCUT2D eigenvalue weighted by Gasteiger charge is 2.12. The van der Waals surface area contributed by atoms with Crippen LogP contribution in [0.25, 0.3) is 10.2 Å². The molecule has 0 fully saturated rings. The van der Waals surface area contributed by atoms with Crippen LogP contribution in [0.2, 0.25) is 5.02 Å². The van der Waals surface area contributed by atoms with Crippen LogP contribution >= 0.6 is 22.9 Å². The molecule has 0 aliphatic heterocycles. The molecule has 0 bridgehead atoms. The molecular formula is C18H17ClN2O3S. The molecule has 0 unspecified atom stereocenters. The summed E-state index contributed by atoms with van der Waals surface area (Å²) in [7, 11) is 4.97. The molecule has 1 amide bonds. The highest BCUT2D eigenvalue weighted by atomic mass is 35.5. The molecule has 0 aliphatic carbocycles. The number of rotatable bonds is 3. The number of halogens is 1. The standard InChI is InChI=1S/C18H17ClN2O3S/c1-10-5-12(19)8-15-16(10)21(2)18(25-15)20-17(22)11-6-13(23-3)9-14(7-11)24-4/h5-9H,1-4H3. The van der Waals surface area contributed by atoms with Crippen molar-refractivity contribution in [2.24, 2.45) is 12.0 Å². The van der Waals surface area contributed by atoms with Gasteiger partial charge < -0.3 is 14.0 Å². The van der Waals surface area contributed by atoms with E-state index in [4.69, 9.17) is 21.1 Å². The number of nitrogens with zero attached hydrogens (tertiary/aromatic N) is 2. The zero-order chi connectivity index (χ0) is 18.1. The summed E-state index contributed by atoms with van der Waals surface area (Å²) in [5.41, 5.74) is 2.46. The number of amides is 1. The van der Waals surface area contributed by atoms with Crippen molar-refractivity contribution in [2.45, 2.75) is 6.92 Å². The lowest BCUT2D eigenvalue weighted by Gasteiger charge is -2.06. The minimum atomic E-state index is -0.358. The van der Waals surface area contributed by atoms with Gasteiger partial charge in [0.1, 0.15) is 11.5 Å². The highest BCUT2D eigenvalue weighted by molar-refractivity contribution is 7.16. The van der Waals surface area contributed by atoms with Crippen LogP contribution in [0.1, 0.15) is 15.9 Å². The van der Waals surface area contributed by atoms with E-state index in [1.54, 1.807) is 32.4 Å². The van der Waals surface area contributed by atoms with Crippen LogP contribution < -0.4 is 14.3 Å². The van der Waals surface area contributed by atoms with Gasteiger partial charge in [-0.3, -0.25) is 4.79 Å². The van der Waals surface area contributed by atoms with E-state index in [0.29, 0.717) is 26.9 Å². The first-order valence-corrected chi connectivity index (χ1v) is 8.70. The third kappa shape index (κ3) is 3.41. The second-order valence-electron chi connectivity index (χ2n) is 5.53. The molecule has 1 aromatic heterocycles. The van der Waals surface area contributed by atoms with Gasteiger partial charge in [-0.25, -0.2) is 0 Å². The summed E-state index contributed by atoms with van der Waals surface area (Å²) in [4.78, 5) is 17.5. The van der Waals surface area contributed by atoms with Gasteiger partial charge in [-0.2, -0.15) is 4.99 Å². The van der Waals surface area contributed by atoms with Gasteiger partial charge in [-0.1, -0.05) is 22.9 Å². The van der Waals surface area contributed by atoms with Crippen molar-refractivity contribution >= 4 is 39.1 Å². The third-order valence-corrected chi connectivity index (χ3v) is 5.15. The lowest BCUT2D eigenvalue weighted by molar-refractivity contribution is 0.0997. The first-order valence-electron chi connectivity index (χ1n) is 7.50. The van der Waals surface area contributed by atoms with Crippen molar-refractivity contribution in [2.75, 3.05) is 14.2 Å². The van der Waals surface area contributed by atoms with E-state index in [0.717, 1.165) is 15.8 Å². The van der Waals surface area contributed by atoms with Crippen LogP contribution in [0.15, 0.2) is 35.3 Å². The molecule has 1 heterocycles. The summed E-state index contributed by atoms with van der Waals surface area (Å²) in [5, 5.41) is 0.669. The topological polar surface area (TPSA) is 52.8 Å². The predicted octanol–water partition coefficient (Wildman–Crippen LogP) is 3.96. The lowest BCUT2D eigenvalue weighted by atomic mass is 10.2. The first-order chi connectivity index (χ1) is 11.9. The average Bonchev–Trinajstić information content (AvgIpc) is 2.89. The smallest absolute Gasteiger partial charge is 0.279 e. The SMILES string of the molecule is COc1cc(OC)cc(C(=O)N=c2sc3cc(Cl)cc(C)c3n2C)c1. The van der Waals surface area contributed by atoms with Crippen LogP contribution in [0.5, 0.6) is 11.5 Å². The van der Waals surface area contributed by atoms with E-state index in [1.807, 2.05) is 30.7 Å². The third-order valence-electron chi connectivity index (χ3n) is 3.85. The predicted molar refractivity (Wildman–Crippen MR) is 100.0 cm³/mol. The van der Waals surface area contributed by atoms with Gasteiger partial charge in [0.05, 0.1) is 24.4 Å². The summed E-state index contributed by atoms with van der Waals surface area (Å²) >= 11 is 7.55. The van der Waals surface area contributed by atoms with Crippen LogP contribution in [-0.4, -0.2) is 24.7 Å². The van der Waals surface area contributed by atoms with Gasteiger partial charge in [0, 0.05) is 23.7 Å². The number of hydrogen-bond acceptors (Lipinski definition) is 4. The van der Waals surface area contributed by atoms with Gasteiger partial charge in [-0.05, 0) is 36.8 Å². The Morgan fingerprint density at radius 2 is 1.76 bits per heavy atom. The lowest BCUT2D eigenvalue weighted by Crippen LogP contribution is -2.13. The van der Waals surface area contributed by atoms with E-state index in [1.165, 1.54) is 11.3 Å². The zero-order valence-electron chi connectivity index (χ0n) is 14.3. The summed E-state index contributed by atoms with van der Waals surface area (Å²) in [5.74, 6) is 0.727. The molecule has 3 aromatic rings. The minimum absolute atomic E-state index is 0.358. The summed E-state index contributed by atoms with van der Waals surface area (Å²) in [6.07, 6.45) is 0. The van der Waals surface area contributed by atoms with Gasteiger partial charge in [-0.15, -0.1) is 0 Å². The van der Waals surface area contributed by atoms with E-state index in [-0.39, 0.29) is 5.91 Å². The molecule has 0 atom stereocenters. The number of ether oxygens (including phenoxy) is 2. The fourth-order valence-corrected chi connectivity index (χ4v) is 4.13. The monoisotopic (exact) mass is 376 g/mol. The van der Waals surface area contributed by atoms with Gasteiger partial charge in [0.25, 0.3) is 5.91 Å². The molecule has 0 aliphatic rings. The van der Waals surface area contributed by atoms with E-state index in [2.05, 4.69) is 4.99 Å². The normalized spacial score (nSPS) is 11.8. The van der Waals surface area contributed by atoms with Crippen LogP contribution in [0.3, 0.4) is 0 Å². The minimum Gasteiger partial charge on any atom is -0.497 e.